The molecule has 5 nitrogen and oxygen atoms in total. The van der Waals surface area contributed by atoms with Crippen LogP contribution in [0.2, 0.25) is 0 Å². The van der Waals surface area contributed by atoms with E-state index in [2.05, 4.69) is 10.5 Å². The summed E-state index contributed by atoms with van der Waals surface area (Å²) in [4.78, 5) is 20.1. The average molecular weight is 132 g/mol. The van der Waals surface area contributed by atoms with E-state index in [1.54, 1.807) is 12.2 Å². The largest absolute Gasteiger partial charge is 0.450 e. The van der Waals surface area contributed by atoms with E-state index in [1.165, 1.54) is 0 Å². The number of nitrogens with two attached hydrogens (primary N) is 1. The molecule has 0 spiro atoms. The molecule has 0 aliphatic carbocycles. The summed E-state index contributed by atoms with van der Waals surface area (Å²) in [5, 5.41) is 1.72. The fourth-order valence-corrected chi connectivity index (χ4v) is 0.268. The van der Waals surface area contributed by atoms with Gasteiger partial charge in [-0.15, -0.1) is 0 Å². The molecule has 0 heterocycles. The third-order valence-electron chi connectivity index (χ3n) is 0.501. The first-order valence-corrected chi connectivity index (χ1v) is 2.40. The standard InChI is InChI=1S/C4H8N2O3/c1-2-9-4(8)6-3(5)7/h2H2,1H3,(H3,5,6,7,8). The molecule has 52 valence electrons. The number of alkyl carbamates (subject to hydrolysis) is 1. The van der Waals surface area contributed by atoms with Gasteiger partial charge in [-0.2, -0.15) is 0 Å². The van der Waals surface area contributed by atoms with Gasteiger partial charge in [0.1, 0.15) is 0 Å². The molecule has 0 fully saturated rings. The van der Waals surface area contributed by atoms with Crippen molar-refractivity contribution < 1.29 is 14.3 Å². The van der Waals surface area contributed by atoms with E-state index < -0.39 is 12.1 Å². The number of urea groups is 1. The number of carbonyl (C=O) groups is 2. The van der Waals surface area contributed by atoms with Gasteiger partial charge in [-0.1, -0.05) is 0 Å². The average Bonchev–Trinajstić information content (AvgIpc) is 1.63. The lowest BCUT2D eigenvalue weighted by molar-refractivity contribution is 0.153. The van der Waals surface area contributed by atoms with Gasteiger partial charge in [0.25, 0.3) is 0 Å². The number of rotatable bonds is 1. The fraction of sp³-hybridized carbons (Fsp3) is 0.500. The van der Waals surface area contributed by atoms with Gasteiger partial charge in [0.2, 0.25) is 0 Å². The Morgan fingerprint density at radius 1 is 1.67 bits per heavy atom. The monoisotopic (exact) mass is 132 g/mol. The highest BCUT2D eigenvalue weighted by Crippen LogP contribution is 1.73. The molecule has 3 N–H and O–H groups in total. The van der Waals surface area contributed by atoms with Gasteiger partial charge in [-0.05, 0) is 6.92 Å². The van der Waals surface area contributed by atoms with Crippen LogP contribution in [0.1, 0.15) is 6.92 Å². The minimum atomic E-state index is -0.909. The minimum absolute atomic E-state index is 0.221. The third-order valence-corrected chi connectivity index (χ3v) is 0.501. The Labute approximate surface area is 52.2 Å². The summed E-state index contributed by atoms with van der Waals surface area (Å²) in [5.74, 6) is 0. The normalized spacial score (nSPS) is 8.11. The van der Waals surface area contributed by atoms with Crippen LogP contribution in [0.4, 0.5) is 9.59 Å². The molecule has 0 unspecified atom stereocenters. The van der Waals surface area contributed by atoms with Crippen molar-refractivity contribution in [2.24, 2.45) is 5.73 Å². The minimum Gasteiger partial charge on any atom is -0.450 e. The van der Waals surface area contributed by atoms with Gasteiger partial charge in [-0.25, -0.2) is 14.9 Å². The van der Waals surface area contributed by atoms with Crippen LogP contribution >= 0.6 is 0 Å². The first-order chi connectivity index (χ1) is 4.16. The van der Waals surface area contributed by atoms with Crippen molar-refractivity contribution in [3.05, 3.63) is 0 Å². The third kappa shape index (κ3) is 4.60. The maximum absolute atomic E-state index is 10.2. The SMILES string of the molecule is CCOC(=O)NC(N)=O. The molecule has 0 saturated heterocycles. The Balaban J connectivity index is 3.39. The molecule has 3 amide bonds. The molecular formula is C4H8N2O3. The maximum Gasteiger partial charge on any atom is 0.415 e. The fourth-order valence-electron chi connectivity index (χ4n) is 0.268. The zero-order chi connectivity index (χ0) is 7.28. The Morgan fingerprint density at radius 3 is 2.56 bits per heavy atom. The van der Waals surface area contributed by atoms with E-state index >= 15 is 0 Å². The highest BCUT2D eigenvalue weighted by atomic mass is 16.5. The van der Waals surface area contributed by atoms with Crippen molar-refractivity contribution in [3.63, 3.8) is 0 Å². The molecule has 0 aliphatic rings. The molecule has 0 aromatic rings. The first-order valence-electron chi connectivity index (χ1n) is 2.40. The number of ether oxygens (including phenoxy) is 1. The van der Waals surface area contributed by atoms with Gasteiger partial charge in [0.15, 0.2) is 0 Å². The van der Waals surface area contributed by atoms with Crippen molar-refractivity contribution in [1.82, 2.24) is 5.32 Å². The number of carbonyl (C=O) groups excluding carboxylic acids is 2. The van der Waals surface area contributed by atoms with Crippen LogP contribution in [-0.4, -0.2) is 18.7 Å². The smallest absolute Gasteiger partial charge is 0.415 e. The lowest BCUT2D eigenvalue weighted by Gasteiger charge is -1.98. The number of nitrogens with one attached hydrogen (secondary N) is 1. The first kappa shape index (κ1) is 7.74. The summed E-state index contributed by atoms with van der Waals surface area (Å²) in [5.41, 5.74) is 4.57. The number of amides is 3. The van der Waals surface area contributed by atoms with E-state index in [0.29, 0.717) is 0 Å². The van der Waals surface area contributed by atoms with Crippen molar-refractivity contribution in [2.45, 2.75) is 6.92 Å². The number of imide groups is 1. The van der Waals surface area contributed by atoms with Gasteiger partial charge < -0.3 is 10.5 Å². The molecule has 0 bridgehead atoms. The number of hydrogen-bond donors (Lipinski definition) is 2. The van der Waals surface area contributed by atoms with Gasteiger partial charge in [0, 0.05) is 0 Å². The van der Waals surface area contributed by atoms with Crippen LogP contribution in [0.15, 0.2) is 0 Å². The van der Waals surface area contributed by atoms with Crippen LogP contribution in [0.5, 0.6) is 0 Å². The topological polar surface area (TPSA) is 81.4 Å². The van der Waals surface area contributed by atoms with E-state index in [1.807, 2.05) is 0 Å². The van der Waals surface area contributed by atoms with Crippen LogP contribution in [0, 0.1) is 0 Å². The molecule has 0 aromatic carbocycles. The van der Waals surface area contributed by atoms with Crippen molar-refractivity contribution >= 4 is 12.1 Å². The molecular weight excluding hydrogens is 124 g/mol. The van der Waals surface area contributed by atoms with Crippen molar-refractivity contribution in [3.8, 4) is 0 Å². The summed E-state index contributed by atoms with van der Waals surface area (Å²) in [6.45, 7) is 1.85. The van der Waals surface area contributed by atoms with Gasteiger partial charge in [-0.3, -0.25) is 0 Å². The lowest BCUT2D eigenvalue weighted by Crippen LogP contribution is -2.35. The summed E-state index contributed by atoms with van der Waals surface area (Å²) >= 11 is 0. The second-order valence-corrected chi connectivity index (χ2v) is 1.21. The van der Waals surface area contributed by atoms with Gasteiger partial charge in [0.05, 0.1) is 6.61 Å². The lowest BCUT2D eigenvalue weighted by atomic mass is 10.8. The molecule has 0 rings (SSSR count). The maximum atomic E-state index is 10.2. The molecule has 0 aliphatic heterocycles. The Hall–Kier alpha value is -1.26. The second kappa shape index (κ2) is 3.71. The molecule has 5 heteroatoms. The van der Waals surface area contributed by atoms with Crippen LogP contribution < -0.4 is 11.1 Å². The predicted octanol–water partition coefficient (Wildman–Crippen LogP) is -0.189. The summed E-state index contributed by atoms with van der Waals surface area (Å²) in [7, 11) is 0. The summed E-state index contributed by atoms with van der Waals surface area (Å²) in [6, 6.07) is -0.909. The highest BCUT2D eigenvalue weighted by molar-refractivity contribution is 5.89. The Kier molecular flexibility index (Phi) is 3.19. The van der Waals surface area contributed by atoms with Crippen molar-refractivity contribution in [1.29, 1.82) is 0 Å². The van der Waals surface area contributed by atoms with Crippen LogP contribution in [0.25, 0.3) is 0 Å². The number of primary amides is 1. The van der Waals surface area contributed by atoms with Crippen LogP contribution in [-0.2, 0) is 4.74 Å². The zero-order valence-electron chi connectivity index (χ0n) is 5.01. The quantitative estimate of drug-likeness (QED) is 0.518. The highest BCUT2D eigenvalue weighted by Gasteiger charge is 2.00. The molecule has 0 radical (unpaired) electrons. The molecule has 0 saturated carbocycles. The van der Waals surface area contributed by atoms with E-state index in [4.69, 9.17) is 0 Å². The van der Waals surface area contributed by atoms with E-state index in [9.17, 15) is 9.59 Å². The predicted molar refractivity (Wildman–Crippen MR) is 29.7 cm³/mol. The molecule has 9 heavy (non-hydrogen) atoms. The number of hydrogen-bond acceptors (Lipinski definition) is 3. The Bertz CT molecular complexity index is 123. The summed E-state index contributed by atoms with van der Waals surface area (Å²) < 4.78 is 4.30. The zero-order valence-corrected chi connectivity index (χ0v) is 5.01. The van der Waals surface area contributed by atoms with E-state index in [-0.39, 0.29) is 6.61 Å². The molecule has 0 atom stereocenters. The van der Waals surface area contributed by atoms with Crippen LogP contribution in [0.3, 0.4) is 0 Å². The van der Waals surface area contributed by atoms with E-state index in [0.717, 1.165) is 0 Å². The summed E-state index contributed by atoms with van der Waals surface area (Å²) in [6.07, 6.45) is -0.815. The second-order valence-electron chi connectivity index (χ2n) is 1.21. The Morgan fingerprint density at radius 2 is 2.22 bits per heavy atom. The van der Waals surface area contributed by atoms with Gasteiger partial charge >= 0.3 is 12.1 Å². The van der Waals surface area contributed by atoms with Crippen molar-refractivity contribution in [2.75, 3.05) is 6.61 Å². The molecule has 0 aromatic heterocycles.